The van der Waals surface area contributed by atoms with E-state index in [4.69, 9.17) is 0 Å². The van der Waals surface area contributed by atoms with Crippen LogP contribution in [-0.2, 0) is 6.42 Å². The first-order valence-corrected chi connectivity index (χ1v) is 6.86. The summed E-state index contributed by atoms with van der Waals surface area (Å²) < 4.78 is 0.606. The van der Waals surface area contributed by atoms with Gasteiger partial charge < -0.3 is 10.3 Å². The third-order valence-corrected chi connectivity index (χ3v) is 3.57. The van der Waals surface area contributed by atoms with Gasteiger partial charge in [0.2, 0.25) is 0 Å². The largest absolute Gasteiger partial charge is 0.369 e. The van der Waals surface area contributed by atoms with Gasteiger partial charge in [0.1, 0.15) is 9.39 Å². The van der Waals surface area contributed by atoms with Crippen LogP contribution in [-0.4, -0.2) is 16.5 Å². The quantitative estimate of drug-likeness (QED) is 0.640. The second-order valence-electron chi connectivity index (χ2n) is 3.91. The predicted molar refractivity (Wildman–Crippen MR) is 80.8 cm³/mol. The van der Waals surface area contributed by atoms with Gasteiger partial charge >= 0.3 is 0 Å². The molecule has 1 aromatic carbocycles. The van der Waals surface area contributed by atoms with Crippen LogP contribution in [0.25, 0.3) is 0 Å². The molecule has 0 spiro atoms. The molecule has 0 aliphatic rings. The van der Waals surface area contributed by atoms with Gasteiger partial charge in [0.25, 0.3) is 5.56 Å². The summed E-state index contributed by atoms with van der Waals surface area (Å²) in [7, 11) is 0. The van der Waals surface area contributed by atoms with E-state index in [1.165, 1.54) is 11.9 Å². The van der Waals surface area contributed by atoms with Gasteiger partial charge in [-0.1, -0.05) is 30.3 Å². The van der Waals surface area contributed by atoms with E-state index in [2.05, 4.69) is 27.4 Å². The van der Waals surface area contributed by atoms with Crippen LogP contribution in [0.5, 0.6) is 0 Å². The van der Waals surface area contributed by atoms with Crippen molar-refractivity contribution >= 4 is 28.4 Å². The number of hydrogen-bond acceptors (Lipinski definition) is 3. The average Bonchev–Trinajstić information content (AvgIpc) is 2.40. The normalized spacial score (nSPS) is 10.3. The highest BCUT2D eigenvalue weighted by Crippen LogP contribution is 2.09. The summed E-state index contributed by atoms with van der Waals surface area (Å²) in [5.41, 5.74) is 1.23. The Morgan fingerprint density at radius 3 is 2.83 bits per heavy atom. The smallest absolute Gasteiger partial charge is 0.266 e. The Balaban J connectivity index is 1.82. The van der Waals surface area contributed by atoms with Crippen LogP contribution >= 0.6 is 22.6 Å². The molecule has 2 N–H and O–H groups in total. The zero-order valence-electron chi connectivity index (χ0n) is 9.82. The zero-order chi connectivity index (χ0) is 12.8. The summed E-state index contributed by atoms with van der Waals surface area (Å²) in [6.07, 6.45) is 3.45. The van der Waals surface area contributed by atoms with Gasteiger partial charge in [0.15, 0.2) is 0 Å². The first-order chi connectivity index (χ1) is 8.77. The summed E-state index contributed by atoms with van der Waals surface area (Å²) in [6, 6.07) is 10.3. The molecule has 18 heavy (non-hydrogen) atoms. The molecule has 4 nitrogen and oxygen atoms in total. The summed E-state index contributed by atoms with van der Waals surface area (Å²) in [6.45, 7) is 0.807. The van der Waals surface area contributed by atoms with Crippen molar-refractivity contribution in [1.29, 1.82) is 0 Å². The van der Waals surface area contributed by atoms with Gasteiger partial charge in [-0.25, -0.2) is 4.98 Å². The fraction of sp³-hybridized carbons (Fsp3) is 0.231. The van der Waals surface area contributed by atoms with Gasteiger partial charge in [0.05, 0.1) is 6.33 Å². The number of H-pyrrole nitrogens is 1. The molecule has 0 aliphatic heterocycles. The first kappa shape index (κ1) is 13.1. The highest BCUT2D eigenvalue weighted by atomic mass is 127. The number of nitrogens with one attached hydrogen (secondary N) is 2. The van der Waals surface area contributed by atoms with Crippen LogP contribution in [0.2, 0.25) is 0 Å². The third kappa shape index (κ3) is 3.56. The summed E-state index contributed by atoms with van der Waals surface area (Å²) in [5.74, 6) is 0.660. The van der Waals surface area contributed by atoms with Crippen molar-refractivity contribution in [3.63, 3.8) is 0 Å². The number of halogens is 1. The molecule has 0 saturated carbocycles. The Kier molecular flexibility index (Phi) is 4.74. The molecule has 0 saturated heterocycles. The lowest BCUT2D eigenvalue weighted by molar-refractivity contribution is 0.856. The molecule has 0 unspecified atom stereocenters. The fourth-order valence-electron chi connectivity index (χ4n) is 1.65. The lowest BCUT2D eigenvalue weighted by Gasteiger charge is -2.06. The van der Waals surface area contributed by atoms with Crippen molar-refractivity contribution < 1.29 is 0 Å². The van der Waals surface area contributed by atoms with Crippen molar-refractivity contribution in [2.45, 2.75) is 12.8 Å². The summed E-state index contributed by atoms with van der Waals surface area (Å²) in [4.78, 5) is 18.0. The van der Waals surface area contributed by atoms with Gasteiger partial charge in [-0.05, 0) is 41.0 Å². The molecule has 2 aromatic rings. The van der Waals surface area contributed by atoms with Crippen LogP contribution in [0.3, 0.4) is 0 Å². The van der Waals surface area contributed by atoms with Crippen molar-refractivity contribution in [2.75, 3.05) is 11.9 Å². The predicted octanol–water partition coefficient (Wildman–Crippen LogP) is 2.42. The monoisotopic (exact) mass is 355 g/mol. The van der Waals surface area contributed by atoms with E-state index in [9.17, 15) is 4.79 Å². The Labute approximate surface area is 119 Å². The molecule has 0 fully saturated rings. The molecule has 5 heteroatoms. The highest BCUT2D eigenvalue weighted by molar-refractivity contribution is 14.1. The van der Waals surface area contributed by atoms with Gasteiger partial charge in [-0.3, -0.25) is 4.79 Å². The van der Waals surface area contributed by atoms with E-state index in [1.54, 1.807) is 0 Å². The topological polar surface area (TPSA) is 57.8 Å². The van der Waals surface area contributed by atoms with Crippen molar-refractivity contribution in [1.82, 2.24) is 9.97 Å². The SMILES string of the molecule is O=c1[nH]cnc(NCCCc2ccccc2)c1I. The van der Waals surface area contributed by atoms with E-state index in [-0.39, 0.29) is 5.56 Å². The Morgan fingerprint density at radius 2 is 2.06 bits per heavy atom. The van der Waals surface area contributed by atoms with E-state index in [1.807, 2.05) is 40.8 Å². The highest BCUT2D eigenvalue weighted by Gasteiger charge is 2.03. The Hall–Kier alpha value is -1.37. The second kappa shape index (κ2) is 6.53. The van der Waals surface area contributed by atoms with Gasteiger partial charge in [-0.15, -0.1) is 0 Å². The minimum absolute atomic E-state index is 0.101. The number of hydrogen-bond donors (Lipinski definition) is 2. The maximum absolute atomic E-state index is 11.4. The van der Waals surface area contributed by atoms with Crippen LogP contribution in [0.15, 0.2) is 41.5 Å². The van der Waals surface area contributed by atoms with Gasteiger partial charge in [-0.2, -0.15) is 0 Å². The molecule has 1 heterocycles. The van der Waals surface area contributed by atoms with Crippen LogP contribution in [0.4, 0.5) is 5.82 Å². The Bertz CT molecular complexity index is 554. The molecule has 0 radical (unpaired) electrons. The molecule has 1 aromatic heterocycles. The number of aromatic amines is 1. The molecule has 0 bridgehead atoms. The average molecular weight is 355 g/mol. The number of aryl methyl sites for hydroxylation is 1. The molecule has 0 amide bonds. The molecular formula is C13H14IN3O. The van der Waals surface area contributed by atoms with E-state index in [0.717, 1.165) is 19.4 Å². The molecular weight excluding hydrogens is 341 g/mol. The van der Waals surface area contributed by atoms with E-state index in [0.29, 0.717) is 9.39 Å². The van der Waals surface area contributed by atoms with Crippen molar-refractivity contribution in [3.05, 3.63) is 56.1 Å². The molecule has 94 valence electrons. The minimum atomic E-state index is -0.101. The van der Waals surface area contributed by atoms with E-state index >= 15 is 0 Å². The van der Waals surface area contributed by atoms with Crippen LogP contribution in [0.1, 0.15) is 12.0 Å². The Morgan fingerprint density at radius 1 is 1.28 bits per heavy atom. The second-order valence-corrected chi connectivity index (χ2v) is 4.99. The maximum Gasteiger partial charge on any atom is 0.266 e. The standard InChI is InChI=1S/C13H14IN3O/c14-11-12(16-9-17-13(11)18)15-8-4-7-10-5-2-1-3-6-10/h1-3,5-6,9H,4,7-8H2,(H2,15,16,17,18). The number of benzene rings is 1. The lowest BCUT2D eigenvalue weighted by atomic mass is 10.1. The van der Waals surface area contributed by atoms with Crippen LogP contribution < -0.4 is 10.9 Å². The number of aromatic nitrogens is 2. The van der Waals surface area contributed by atoms with Crippen LogP contribution in [0, 0.1) is 3.57 Å². The molecule has 2 rings (SSSR count). The lowest BCUT2D eigenvalue weighted by Crippen LogP contribution is -2.15. The maximum atomic E-state index is 11.4. The number of rotatable bonds is 5. The minimum Gasteiger partial charge on any atom is -0.369 e. The van der Waals surface area contributed by atoms with E-state index < -0.39 is 0 Å². The van der Waals surface area contributed by atoms with Crippen molar-refractivity contribution in [2.24, 2.45) is 0 Å². The molecule has 0 atom stereocenters. The summed E-state index contributed by atoms with van der Waals surface area (Å²) in [5, 5.41) is 3.19. The third-order valence-electron chi connectivity index (χ3n) is 2.57. The number of nitrogens with zero attached hydrogens (tertiary/aromatic N) is 1. The van der Waals surface area contributed by atoms with Crippen molar-refractivity contribution in [3.8, 4) is 0 Å². The fourth-order valence-corrected chi connectivity index (χ4v) is 2.14. The molecule has 0 aliphatic carbocycles. The zero-order valence-corrected chi connectivity index (χ0v) is 12.0. The summed E-state index contributed by atoms with van der Waals surface area (Å²) >= 11 is 2.00. The number of anilines is 1. The van der Waals surface area contributed by atoms with Gasteiger partial charge in [0, 0.05) is 6.54 Å². The first-order valence-electron chi connectivity index (χ1n) is 5.78.